The number of hydrogen-bond acceptors (Lipinski definition) is 5. The molecule has 15 heavy (non-hydrogen) atoms. The predicted molar refractivity (Wildman–Crippen MR) is 57.6 cm³/mol. The maximum absolute atomic E-state index is 11.5. The smallest absolute Gasteiger partial charge is 0.268 e. The van der Waals surface area contributed by atoms with E-state index in [1.54, 1.807) is 0 Å². The Bertz CT molecular complexity index is 362. The summed E-state index contributed by atoms with van der Waals surface area (Å²) in [4.78, 5) is 26.0. The molecule has 0 bridgehead atoms. The fourth-order valence-electron chi connectivity index (χ4n) is 0.938. The summed E-state index contributed by atoms with van der Waals surface area (Å²) in [7, 11) is 0. The van der Waals surface area contributed by atoms with Crippen molar-refractivity contribution in [1.82, 2.24) is 4.98 Å². The van der Waals surface area contributed by atoms with Crippen molar-refractivity contribution in [1.29, 1.82) is 0 Å². The van der Waals surface area contributed by atoms with Crippen LogP contribution in [-0.2, 0) is 0 Å². The van der Waals surface area contributed by atoms with Gasteiger partial charge in [0.25, 0.3) is 5.91 Å². The van der Waals surface area contributed by atoms with E-state index in [0.29, 0.717) is 18.0 Å². The molecular weight excluding hydrogens is 214 g/mol. The monoisotopic (exact) mass is 226 g/mol. The minimum absolute atomic E-state index is 0.135. The van der Waals surface area contributed by atoms with Crippen molar-refractivity contribution in [2.24, 2.45) is 11.5 Å². The number of carbonyl (C=O) groups is 2. The number of thiazole rings is 1. The summed E-state index contributed by atoms with van der Waals surface area (Å²) >= 11 is 1.12. The van der Waals surface area contributed by atoms with Gasteiger partial charge in [-0.25, -0.2) is 4.98 Å². The Hall–Kier alpha value is -1.27. The van der Waals surface area contributed by atoms with E-state index in [-0.39, 0.29) is 11.5 Å². The molecule has 6 heteroatoms. The maximum Gasteiger partial charge on any atom is 0.268 e. The van der Waals surface area contributed by atoms with Crippen LogP contribution in [0.15, 0.2) is 5.38 Å². The summed E-state index contributed by atoms with van der Waals surface area (Å²) in [6, 6.07) is 0. The number of unbranched alkanes of at least 4 members (excludes halogenated alkanes) is 1. The van der Waals surface area contributed by atoms with Gasteiger partial charge in [-0.3, -0.25) is 9.59 Å². The number of ketones is 1. The Morgan fingerprint density at radius 3 is 2.80 bits per heavy atom. The van der Waals surface area contributed by atoms with Crippen LogP contribution < -0.4 is 11.5 Å². The Balaban J connectivity index is 2.54. The molecule has 1 radical (unpaired) electrons. The van der Waals surface area contributed by atoms with Gasteiger partial charge in [-0.05, 0) is 19.4 Å². The van der Waals surface area contributed by atoms with Gasteiger partial charge in [0, 0.05) is 11.8 Å². The SMILES string of the molecule is NCCC[CH]C(=O)c1nc(C(N)=O)cs1. The highest BCUT2D eigenvalue weighted by Gasteiger charge is 2.13. The first-order valence-corrected chi connectivity index (χ1v) is 5.36. The van der Waals surface area contributed by atoms with E-state index >= 15 is 0 Å². The predicted octanol–water partition coefficient (Wildman–Crippen LogP) is 0.368. The summed E-state index contributed by atoms with van der Waals surface area (Å²) in [5.74, 6) is -0.798. The van der Waals surface area contributed by atoms with E-state index in [9.17, 15) is 9.59 Å². The zero-order valence-corrected chi connectivity index (χ0v) is 8.92. The van der Waals surface area contributed by atoms with Crippen LogP contribution in [0.2, 0.25) is 0 Å². The van der Waals surface area contributed by atoms with Crippen LogP contribution in [0.3, 0.4) is 0 Å². The number of primary amides is 1. The third-order valence-electron chi connectivity index (χ3n) is 1.71. The van der Waals surface area contributed by atoms with Gasteiger partial charge in [0.15, 0.2) is 10.8 Å². The summed E-state index contributed by atoms with van der Waals surface area (Å²) in [6.07, 6.45) is 2.91. The van der Waals surface area contributed by atoms with Gasteiger partial charge in [0.1, 0.15) is 5.69 Å². The molecule has 0 aliphatic carbocycles. The third-order valence-corrected chi connectivity index (χ3v) is 2.56. The Labute approximate surface area is 91.5 Å². The minimum Gasteiger partial charge on any atom is -0.364 e. The van der Waals surface area contributed by atoms with Crippen molar-refractivity contribution in [2.45, 2.75) is 12.8 Å². The van der Waals surface area contributed by atoms with Gasteiger partial charge >= 0.3 is 0 Å². The average molecular weight is 226 g/mol. The van der Waals surface area contributed by atoms with Crippen molar-refractivity contribution in [3.63, 3.8) is 0 Å². The van der Waals surface area contributed by atoms with Crippen LogP contribution >= 0.6 is 11.3 Å². The third kappa shape index (κ3) is 3.41. The van der Waals surface area contributed by atoms with Crippen molar-refractivity contribution < 1.29 is 9.59 Å². The molecule has 0 aliphatic heterocycles. The maximum atomic E-state index is 11.5. The van der Waals surface area contributed by atoms with Gasteiger partial charge in [-0.2, -0.15) is 0 Å². The molecule has 5 nitrogen and oxygen atoms in total. The van der Waals surface area contributed by atoms with E-state index < -0.39 is 5.91 Å². The zero-order valence-electron chi connectivity index (χ0n) is 8.10. The number of hydrogen-bond donors (Lipinski definition) is 2. The molecule has 1 aromatic rings. The number of nitrogens with two attached hydrogens (primary N) is 2. The molecular formula is C9H12N3O2S. The summed E-state index contributed by atoms with van der Waals surface area (Å²) < 4.78 is 0. The van der Waals surface area contributed by atoms with Gasteiger partial charge in [-0.1, -0.05) is 0 Å². The highest BCUT2D eigenvalue weighted by atomic mass is 32.1. The van der Waals surface area contributed by atoms with Gasteiger partial charge < -0.3 is 11.5 Å². The number of rotatable bonds is 6. The minimum atomic E-state index is -0.618. The topological polar surface area (TPSA) is 99.1 Å². The normalized spacial score (nSPS) is 10.2. The highest BCUT2D eigenvalue weighted by molar-refractivity contribution is 7.12. The fraction of sp³-hybridized carbons (Fsp3) is 0.333. The highest BCUT2D eigenvalue weighted by Crippen LogP contribution is 2.12. The Morgan fingerprint density at radius 2 is 2.27 bits per heavy atom. The number of nitrogens with zero attached hydrogens (tertiary/aromatic N) is 1. The lowest BCUT2D eigenvalue weighted by Gasteiger charge is -1.94. The van der Waals surface area contributed by atoms with Crippen LogP contribution in [0, 0.1) is 6.42 Å². The molecule has 1 heterocycles. The molecule has 0 fully saturated rings. The van der Waals surface area contributed by atoms with E-state index in [1.807, 2.05) is 0 Å². The second-order valence-electron chi connectivity index (χ2n) is 2.90. The van der Waals surface area contributed by atoms with E-state index in [4.69, 9.17) is 11.5 Å². The van der Waals surface area contributed by atoms with Crippen molar-refractivity contribution in [3.8, 4) is 0 Å². The Morgan fingerprint density at radius 1 is 1.53 bits per heavy atom. The van der Waals surface area contributed by atoms with Crippen molar-refractivity contribution >= 4 is 23.0 Å². The first-order chi connectivity index (χ1) is 7.15. The number of amides is 1. The lowest BCUT2D eigenvalue weighted by atomic mass is 10.2. The molecule has 0 unspecified atom stereocenters. The molecule has 0 aliphatic rings. The zero-order chi connectivity index (χ0) is 11.3. The molecule has 81 valence electrons. The van der Waals surface area contributed by atoms with E-state index in [2.05, 4.69) is 4.98 Å². The van der Waals surface area contributed by atoms with E-state index in [1.165, 1.54) is 11.8 Å². The molecule has 4 N–H and O–H groups in total. The molecule has 0 saturated carbocycles. The first kappa shape index (κ1) is 11.8. The quantitative estimate of drug-likeness (QED) is 0.540. The fourth-order valence-corrected chi connectivity index (χ4v) is 1.68. The molecule has 0 saturated heterocycles. The Kier molecular flexibility index (Phi) is 4.38. The van der Waals surface area contributed by atoms with Crippen molar-refractivity contribution in [2.75, 3.05) is 6.54 Å². The lowest BCUT2D eigenvalue weighted by molar-refractivity contribution is 0.0996. The molecule has 0 atom stereocenters. The molecule has 0 aromatic carbocycles. The van der Waals surface area contributed by atoms with Crippen LogP contribution in [0.4, 0.5) is 0 Å². The molecule has 1 rings (SSSR count). The summed E-state index contributed by atoms with van der Waals surface area (Å²) in [5, 5.41) is 1.77. The van der Waals surface area contributed by atoms with Crippen LogP contribution in [-0.4, -0.2) is 23.2 Å². The van der Waals surface area contributed by atoms with E-state index in [0.717, 1.165) is 17.8 Å². The summed E-state index contributed by atoms with van der Waals surface area (Å²) in [5.41, 5.74) is 10.4. The number of Topliss-reactive ketones (excluding diaryl/α,β-unsaturated/α-hetero) is 1. The van der Waals surface area contributed by atoms with Crippen LogP contribution in [0.5, 0.6) is 0 Å². The lowest BCUT2D eigenvalue weighted by Crippen LogP contribution is -2.12. The number of aromatic nitrogens is 1. The van der Waals surface area contributed by atoms with Gasteiger partial charge in [0.05, 0.1) is 0 Å². The molecule has 1 aromatic heterocycles. The largest absolute Gasteiger partial charge is 0.364 e. The van der Waals surface area contributed by atoms with Crippen LogP contribution in [0.25, 0.3) is 0 Å². The number of carbonyl (C=O) groups excluding carboxylic acids is 2. The van der Waals surface area contributed by atoms with Crippen molar-refractivity contribution in [3.05, 3.63) is 22.5 Å². The molecule has 1 amide bonds. The van der Waals surface area contributed by atoms with Gasteiger partial charge in [-0.15, -0.1) is 11.3 Å². The second-order valence-corrected chi connectivity index (χ2v) is 3.76. The summed E-state index contributed by atoms with van der Waals surface area (Å²) in [6.45, 7) is 0.550. The standard InChI is InChI=1S/C9H12N3O2S/c10-4-2-1-3-7(13)9-12-6(5-15-9)8(11)14/h3,5H,1-2,4,10H2,(H2,11,14). The van der Waals surface area contributed by atoms with Gasteiger partial charge in [0.2, 0.25) is 0 Å². The molecule has 0 spiro atoms. The second kappa shape index (κ2) is 5.57. The van der Waals surface area contributed by atoms with Crippen LogP contribution in [0.1, 0.15) is 33.1 Å². The average Bonchev–Trinajstić information content (AvgIpc) is 2.66. The first-order valence-electron chi connectivity index (χ1n) is 4.48.